The highest BCUT2D eigenvalue weighted by Gasteiger charge is 2.17. The predicted octanol–water partition coefficient (Wildman–Crippen LogP) is 4.50. The van der Waals surface area contributed by atoms with Gasteiger partial charge in [-0.1, -0.05) is 36.8 Å². The fourth-order valence-electron chi connectivity index (χ4n) is 3.68. The molecule has 1 aromatic heterocycles. The number of hydrogen-bond acceptors (Lipinski definition) is 4. The average Bonchev–Trinajstić information content (AvgIpc) is 3.02. The van der Waals surface area contributed by atoms with Gasteiger partial charge in [-0.3, -0.25) is 4.79 Å². The van der Waals surface area contributed by atoms with Crippen molar-refractivity contribution >= 4 is 17.7 Å². The molecule has 1 amide bonds. The van der Waals surface area contributed by atoms with Crippen LogP contribution in [-0.4, -0.2) is 20.7 Å². The van der Waals surface area contributed by atoms with Crippen LogP contribution in [0.25, 0.3) is 17.5 Å². The number of nitriles is 1. The zero-order chi connectivity index (χ0) is 20.9. The molecule has 2 heterocycles. The Morgan fingerprint density at radius 3 is 2.90 bits per heavy atom. The standard InChI is InChI=1S/C24H23N5O/c1-17-10-11-19(24-28-27-22-9-3-2-6-14-29(22)24)15-21(17)26-23(30)13-12-18-7-4-5-8-20(18)16-25/h4-5,7-8,10-13,15H,2-3,6,9,14H2,1H3,(H,26,30)/b13-12+. The number of aryl methyl sites for hydroxylation is 2. The molecule has 4 rings (SSSR count). The van der Waals surface area contributed by atoms with Gasteiger partial charge < -0.3 is 9.88 Å². The third-order valence-corrected chi connectivity index (χ3v) is 5.36. The van der Waals surface area contributed by atoms with E-state index in [4.69, 9.17) is 0 Å². The van der Waals surface area contributed by atoms with Crippen molar-refractivity contribution in [1.82, 2.24) is 14.8 Å². The predicted molar refractivity (Wildman–Crippen MR) is 117 cm³/mol. The van der Waals surface area contributed by atoms with Gasteiger partial charge >= 0.3 is 0 Å². The summed E-state index contributed by atoms with van der Waals surface area (Å²) in [5, 5.41) is 20.9. The number of rotatable bonds is 4. The van der Waals surface area contributed by atoms with E-state index in [2.05, 4.69) is 26.2 Å². The van der Waals surface area contributed by atoms with Crippen molar-refractivity contribution in [3.8, 4) is 17.5 Å². The Morgan fingerprint density at radius 2 is 2.03 bits per heavy atom. The van der Waals surface area contributed by atoms with E-state index in [0.717, 1.165) is 54.3 Å². The second kappa shape index (κ2) is 8.75. The first-order chi connectivity index (χ1) is 14.7. The van der Waals surface area contributed by atoms with Crippen LogP contribution >= 0.6 is 0 Å². The lowest BCUT2D eigenvalue weighted by atomic mass is 10.1. The molecular formula is C24H23N5O. The highest BCUT2D eigenvalue weighted by atomic mass is 16.1. The summed E-state index contributed by atoms with van der Waals surface area (Å²) in [6.45, 7) is 2.88. The maximum atomic E-state index is 12.5. The Bertz CT molecular complexity index is 1150. The van der Waals surface area contributed by atoms with Crippen molar-refractivity contribution < 1.29 is 4.79 Å². The Morgan fingerprint density at radius 1 is 1.17 bits per heavy atom. The molecule has 150 valence electrons. The average molecular weight is 397 g/mol. The smallest absolute Gasteiger partial charge is 0.248 e. The monoisotopic (exact) mass is 397 g/mol. The lowest BCUT2D eigenvalue weighted by molar-refractivity contribution is -0.111. The van der Waals surface area contributed by atoms with Crippen molar-refractivity contribution in [1.29, 1.82) is 5.26 Å². The van der Waals surface area contributed by atoms with Crippen LogP contribution in [0.1, 0.15) is 41.8 Å². The summed E-state index contributed by atoms with van der Waals surface area (Å²) in [6, 6.07) is 15.3. The number of anilines is 1. The summed E-state index contributed by atoms with van der Waals surface area (Å²) in [5.41, 5.74) is 3.89. The van der Waals surface area contributed by atoms with Crippen LogP contribution in [0.2, 0.25) is 0 Å². The molecule has 0 saturated heterocycles. The van der Waals surface area contributed by atoms with Crippen molar-refractivity contribution in [3.05, 3.63) is 71.1 Å². The van der Waals surface area contributed by atoms with Crippen LogP contribution in [-0.2, 0) is 17.8 Å². The Labute approximate surface area is 175 Å². The van der Waals surface area contributed by atoms with E-state index in [1.54, 1.807) is 18.2 Å². The molecule has 6 nitrogen and oxygen atoms in total. The zero-order valence-corrected chi connectivity index (χ0v) is 16.9. The van der Waals surface area contributed by atoms with Gasteiger partial charge in [0.15, 0.2) is 5.82 Å². The van der Waals surface area contributed by atoms with Crippen molar-refractivity contribution in [2.45, 2.75) is 39.2 Å². The molecule has 0 atom stereocenters. The summed E-state index contributed by atoms with van der Waals surface area (Å²) >= 11 is 0. The van der Waals surface area contributed by atoms with E-state index in [1.165, 1.54) is 12.5 Å². The van der Waals surface area contributed by atoms with E-state index >= 15 is 0 Å². The van der Waals surface area contributed by atoms with Gasteiger partial charge in [-0.25, -0.2) is 0 Å². The lowest BCUT2D eigenvalue weighted by Crippen LogP contribution is -2.09. The number of carbonyl (C=O) groups excluding carboxylic acids is 1. The van der Waals surface area contributed by atoms with Crippen LogP contribution in [0.5, 0.6) is 0 Å². The van der Waals surface area contributed by atoms with Crippen LogP contribution < -0.4 is 5.32 Å². The lowest BCUT2D eigenvalue weighted by Gasteiger charge is -2.11. The zero-order valence-electron chi connectivity index (χ0n) is 16.9. The van der Waals surface area contributed by atoms with E-state index < -0.39 is 0 Å². The molecule has 3 aromatic rings. The largest absolute Gasteiger partial charge is 0.322 e. The third-order valence-electron chi connectivity index (χ3n) is 5.36. The molecule has 1 N–H and O–H groups in total. The molecule has 30 heavy (non-hydrogen) atoms. The number of aromatic nitrogens is 3. The molecule has 0 saturated carbocycles. The van der Waals surface area contributed by atoms with Gasteiger partial charge in [0.1, 0.15) is 5.82 Å². The second-order valence-electron chi connectivity index (χ2n) is 7.45. The molecule has 0 bridgehead atoms. The van der Waals surface area contributed by atoms with Gasteiger partial charge in [-0.05, 0) is 49.1 Å². The number of benzene rings is 2. The number of amides is 1. The van der Waals surface area contributed by atoms with Gasteiger partial charge in [-0.15, -0.1) is 10.2 Å². The maximum Gasteiger partial charge on any atom is 0.248 e. The summed E-state index contributed by atoms with van der Waals surface area (Å²) in [6.07, 6.45) is 7.55. The minimum atomic E-state index is -0.247. The topological polar surface area (TPSA) is 83.6 Å². The van der Waals surface area contributed by atoms with E-state index in [1.807, 2.05) is 37.3 Å². The number of nitrogens with zero attached hydrogens (tertiary/aromatic N) is 4. The highest BCUT2D eigenvalue weighted by Crippen LogP contribution is 2.27. The summed E-state index contributed by atoms with van der Waals surface area (Å²) in [7, 11) is 0. The summed E-state index contributed by atoms with van der Waals surface area (Å²) in [5.74, 6) is 1.64. The maximum absolute atomic E-state index is 12.5. The van der Waals surface area contributed by atoms with Gasteiger partial charge in [0.2, 0.25) is 5.91 Å². The van der Waals surface area contributed by atoms with E-state index in [9.17, 15) is 10.1 Å². The normalized spacial score (nSPS) is 13.5. The van der Waals surface area contributed by atoms with Crippen LogP contribution in [0.4, 0.5) is 5.69 Å². The summed E-state index contributed by atoms with van der Waals surface area (Å²) in [4.78, 5) is 12.5. The van der Waals surface area contributed by atoms with Crippen LogP contribution in [0.3, 0.4) is 0 Å². The van der Waals surface area contributed by atoms with E-state index in [-0.39, 0.29) is 5.91 Å². The highest BCUT2D eigenvalue weighted by molar-refractivity contribution is 6.02. The van der Waals surface area contributed by atoms with Gasteiger partial charge in [0.05, 0.1) is 11.6 Å². The van der Waals surface area contributed by atoms with Crippen LogP contribution in [0.15, 0.2) is 48.5 Å². The molecular weight excluding hydrogens is 374 g/mol. The molecule has 0 aliphatic carbocycles. The first kappa shape index (κ1) is 19.6. The number of fused-ring (bicyclic) bond motifs is 1. The second-order valence-corrected chi connectivity index (χ2v) is 7.45. The third kappa shape index (κ3) is 4.15. The number of hydrogen-bond donors (Lipinski definition) is 1. The Balaban J connectivity index is 1.56. The minimum Gasteiger partial charge on any atom is -0.322 e. The van der Waals surface area contributed by atoms with Crippen molar-refractivity contribution in [2.75, 3.05) is 5.32 Å². The van der Waals surface area contributed by atoms with Crippen molar-refractivity contribution in [2.24, 2.45) is 0 Å². The molecule has 6 heteroatoms. The Kier molecular flexibility index (Phi) is 5.71. The molecule has 2 aromatic carbocycles. The van der Waals surface area contributed by atoms with Gasteiger partial charge in [-0.2, -0.15) is 5.26 Å². The molecule has 1 aliphatic rings. The fraction of sp³-hybridized carbons (Fsp3) is 0.250. The first-order valence-corrected chi connectivity index (χ1v) is 10.2. The molecule has 0 fully saturated rings. The summed E-state index contributed by atoms with van der Waals surface area (Å²) < 4.78 is 2.20. The number of nitrogens with one attached hydrogen (secondary N) is 1. The quantitative estimate of drug-likeness (QED) is 0.657. The van der Waals surface area contributed by atoms with E-state index in [0.29, 0.717) is 11.1 Å². The first-order valence-electron chi connectivity index (χ1n) is 10.2. The molecule has 0 spiro atoms. The molecule has 0 radical (unpaired) electrons. The fourth-order valence-corrected chi connectivity index (χ4v) is 3.68. The SMILES string of the molecule is Cc1ccc(-c2nnc3n2CCCCC3)cc1NC(=O)/C=C/c1ccccc1C#N. The molecule has 1 aliphatic heterocycles. The van der Waals surface area contributed by atoms with Crippen LogP contribution in [0, 0.1) is 18.3 Å². The number of carbonyl (C=O) groups is 1. The Hall–Kier alpha value is -3.72. The van der Waals surface area contributed by atoms with Gasteiger partial charge in [0.25, 0.3) is 0 Å². The van der Waals surface area contributed by atoms with Crippen molar-refractivity contribution in [3.63, 3.8) is 0 Å². The molecule has 0 unspecified atom stereocenters. The minimum absolute atomic E-state index is 0.247. The van der Waals surface area contributed by atoms with Gasteiger partial charge in [0, 0.05) is 30.3 Å².